The van der Waals surface area contributed by atoms with E-state index in [9.17, 15) is 10.1 Å². The summed E-state index contributed by atoms with van der Waals surface area (Å²) >= 11 is 0. The Morgan fingerprint density at radius 2 is 2.22 bits per heavy atom. The van der Waals surface area contributed by atoms with Crippen molar-refractivity contribution in [2.75, 3.05) is 0 Å². The Morgan fingerprint density at radius 3 is 2.83 bits per heavy atom. The Hall–Kier alpha value is -2.44. The number of nitro groups is 1. The Morgan fingerprint density at radius 1 is 1.44 bits per heavy atom. The predicted molar refractivity (Wildman–Crippen MR) is 61.2 cm³/mol. The van der Waals surface area contributed by atoms with Crippen LogP contribution in [0.2, 0.25) is 0 Å². The molecule has 0 aliphatic carbocycles. The van der Waals surface area contributed by atoms with E-state index >= 15 is 0 Å². The van der Waals surface area contributed by atoms with Crippen molar-refractivity contribution in [2.24, 2.45) is 0 Å². The molecule has 0 amide bonds. The van der Waals surface area contributed by atoms with E-state index in [4.69, 9.17) is 9.26 Å². The van der Waals surface area contributed by atoms with E-state index in [0.29, 0.717) is 5.82 Å². The SMILES string of the molecule is Cc1ccc([N+](=O)[O-])c(OCc2nc(C)no2)c1. The second kappa shape index (κ2) is 4.82. The molecule has 18 heavy (non-hydrogen) atoms. The van der Waals surface area contributed by atoms with Gasteiger partial charge in [-0.3, -0.25) is 10.1 Å². The van der Waals surface area contributed by atoms with Gasteiger partial charge in [-0.05, 0) is 25.5 Å². The fraction of sp³-hybridized carbons (Fsp3) is 0.273. The summed E-state index contributed by atoms with van der Waals surface area (Å²) in [4.78, 5) is 14.3. The maximum absolute atomic E-state index is 10.8. The minimum Gasteiger partial charge on any atom is -0.477 e. The highest BCUT2D eigenvalue weighted by Crippen LogP contribution is 2.28. The van der Waals surface area contributed by atoms with E-state index in [0.717, 1.165) is 5.56 Å². The third-order valence-electron chi connectivity index (χ3n) is 2.23. The summed E-state index contributed by atoms with van der Waals surface area (Å²) in [6.45, 7) is 3.51. The van der Waals surface area contributed by atoms with Crippen LogP contribution in [0.4, 0.5) is 5.69 Å². The average molecular weight is 249 g/mol. The molecule has 2 rings (SSSR count). The van der Waals surface area contributed by atoms with Crippen LogP contribution in [0.25, 0.3) is 0 Å². The van der Waals surface area contributed by atoms with Gasteiger partial charge >= 0.3 is 5.69 Å². The summed E-state index contributed by atoms with van der Waals surface area (Å²) in [5.41, 5.74) is 0.786. The molecule has 2 aromatic rings. The lowest BCUT2D eigenvalue weighted by atomic mass is 10.2. The van der Waals surface area contributed by atoms with Crippen molar-refractivity contribution in [3.63, 3.8) is 0 Å². The lowest BCUT2D eigenvalue weighted by molar-refractivity contribution is -0.386. The van der Waals surface area contributed by atoms with Crippen LogP contribution in [0.1, 0.15) is 17.3 Å². The molecule has 0 N–H and O–H groups in total. The largest absolute Gasteiger partial charge is 0.477 e. The molecule has 7 heteroatoms. The predicted octanol–water partition coefficient (Wildman–Crippen LogP) is 2.17. The molecule has 1 aromatic heterocycles. The monoisotopic (exact) mass is 249 g/mol. The van der Waals surface area contributed by atoms with E-state index < -0.39 is 4.92 Å². The first-order valence-electron chi connectivity index (χ1n) is 5.23. The van der Waals surface area contributed by atoms with Gasteiger partial charge in [0.15, 0.2) is 18.2 Å². The summed E-state index contributed by atoms with van der Waals surface area (Å²) in [5, 5.41) is 14.4. The van der Waals surface area contributed by atoms with Crippen LogP contribution in [0.15, 0.2) is 22.7 Å². The van der Waals surface area contributed by atoms with E-state index in [2.05, 4.69) is 10.1 Å². The molecular formula is C11H11N3O4. The number of rotatable bonds is 4. The molecule has 0 saturated carbocycles. The molecule has 94 valence electrons. The molecule has 1 aromatic carbocycles. The van der Waals surface area contributed by atoms with E-state index in [-0.39, 0.29) is 23.9 Å². The van der Waals surface area contributed by atoms with Crippen LogP contribution in [0.3, 0.4) is 0 Å². The first kappa shape index (κ1) is 12.0. The Bertz CT molecular complexity index is 579. The number of hydrogen-bond donors (Lipinski definition) is 0. The van der Waals surface area contributed by atoms with Crippen molar-refractivity contribution in [2.45, 2.75) is 20.5 Å². The number of nitro benzene ring substituents is 1. The van der Waals surface area contributed by atoms with Gasteiger partial charge < -0.3 is 9.26 Å². The van der Waals surface area contributed by atoms with Crippen molar-refractivity contribution < 1.29 is 14.2 Å². The van der Waals surface area contributed by atoms with Crippen molar-refractivity contribution in [3.05, 3.63) is 45.6 Å². The zero-order chi connectivity index (χ0) is 13.1. The maximum Gasteiger partial charge on any atom is 0.310 e. The first-order chi connectivity index (χ1) is 8.56. The second-order valence-corrected chi connectivity index (χ2v) is 3.75. The van der Waals surface area contributed by atoms with E-state index in [1.165, 1.54) is 6.07 Å². The van der Waals surface area contributed by atoms with Gasteiger partial charge in [-0.25, -0.2) is 0 Å². The highest BCUT2D eigenvalue weighted by molar-refractivity contribution is 5.48. The van der Waals surface area contributed by atoms with Crippen molar-refractivity contribution in [3.8, 4) is 5.75 Å². The Kier molecular flexibility index (Phi) is 3.22. The van der Waals surface area contributed by atoms with Crippen LogP contribution < -0.4 is 4.74 Å². The molecule has 0 atom stereocenters. The van der Waals surface area contributed by atoms with Crippen LogP contribution >= 0.6 is 0 Å². The van der Waals surface area contributed by atoms with Gasteiger partial charge in [-0.2, -0.15) is 4.98 Å². The minimum atomic E-state index is -0.492. The van der Waals surface area contributed by atoms with E-state index in [1.54, 1.807) is 19.1 Å². The summed E-state index contributed by atoms with van der Waals surface area (Å²) in [7, 11) is 0. The Balaban J connectivity index is 2.17. The van der Waals surface area contributed by atoms with Gasteiger partial charge in [0.05, 0.1) is 4.92 Å². The summed E-state index contributed by atoms with van der Waals surface area (Å²) in [5.74, 6) is 0.964. The van der Waals surface area contributed by atoms with E-state index in [1.807, 2.05) is 6.92 Å². The third kappa shape index (κ3) is 2.62. The topological polar surface area (TPSA) is 91.3 Å². The number of benzene rings is 1. The zero-order valence-electron chi connectivity index (χ0n) is 9.91. The molecule has 0 unspecified atom stereocenters. The molecular weight excluding hydrogens is 238 g/mol. The minimum absolute atomic E-state index is 0.00509. The van der Waals surface area contributed by atoms with Crippen LogP contribution in [0, 0.1) is 24.0 Å². The molecule has 7 nitrogen and oxygen atoms in total. The molecule has 0 saturated heterocycles. The standard InChI is InChI=1S/C11H11N3O4/c1-7-3-4-9(14(15)16)10(5-7)17-6-11-12-8(2)13-18-11/h3-5H,6H2,1-2H3. The molecule has 0 aliphatic heterocycles. The second-order valence-electron chi connectivity index (χ2n) is 3.75. The van der Waals surface area contributed by atoms with Crippen LogP contribution in [-0.4, -0.2) is 15.1 Å². The van der Waals surface area contributed by atoms with Gasteiger partial charge in [0.2, 0.25) is 0 Å². The number of aryl methyl sites for hydroxylation is 2. The summed E-state index contributed by atoms with van der Waals surface area (Å²) in [6, 6.07) is 4.66. The highest BCUT2D eigenvalue weighted by atomic mass is 16.6. The normalized spacial score (nSPS) is 10.3. The molecule has 0 aliphatic rings. The lowest BCUT2D eigenvalue weighted by Gasteiger charge is -2.04. The first-order valence-corrected chi connectivity index (χ1v) is 5.23. The quantitative estimate of drug-likeness (QED) is 0.609. The van der Waals surface area contributed by atoms with Gasteiger partial charge in [-0.1, -0.05) is 11.2 Å². The fourth-order valence-electron chi connectivity index (χ4n) is 1.43. The molecule has 1 heterocycles. The van der Waals surface area contributed by atoms with Crippen LogP contribution in [0.5, 0.6) is 5.75 Å². The van der Waals surface area contributed by atoms with Gasteiger partial charge in [0, 0.05) is 6.07 Å². The van der Waals surface area contributed by atoms with Gasteiger partial charge in [0.1, 0.15) is 0 Å². The van der Waals surface area contributed by atoms with Crippen molar-refractivity contribution in [1.29, 1.82) is 0 Å². The Labute approximate surface area is 103 Å². The van der Waals surface area contributed by atoms with Gasteiger partial charge in [-0.15, -0.1) is 0 Å². The zero-order valence-corrected chi connectivity index (χ0v) is 9.91. The highest BCUT2D eigenvalue weighted by Gasteiger charge is 2.16. The number of nitrogens with zero attached hydrogens (tertiary/aromatic N) is 3. The van der Waals surface area contributed by atoms with Gasteiger partial charge in [0.25, 0.3) is 5.89 Å². The third-order valence-corrected chi connectivity index (χ3v) is 2.23. The molecule has 0 radical (unpaired) electrons. The number of ether oxygens (including phenoxy) is 1. The average Bonchev–Trinajstić information content (AvgIpc) is 2.72. The number of aromatic nitrogens is 2. The fourth-order valence-corrected chi connectivity index (χ4v) is 1.43. The van der Waals surface area contributed by atoms with Crippen LogP contribution in [-0.2, 0) is 6.61 Å². The molecule has 0 bridgehead atoms. The number of hydrogen-bond acceptors (Lipinski definition) is 6. The summed E-state index contributed by atoms with van der Waals surface area (Å²) < 4.78 is 10.2. The van der Waals surface area contributed by atoms with Crippen molar-refractivity contribution >= 4 is 5.69 Å². The smallest absolute Gasteiger partial charge is 0.310 e. The molecule has 0 spiro atoms. The summed E-state index contributed by atoms with van der Waals surface area (Å²) in [6.07, 6.45) is 0. The lowest BCUT2D eigenvalue weighted by Crippen LogP contribution is -1.99. The molecule has 0 fully saturated rings. The maximum atomic E-state index is 10.8. The van der Waals surface area contributed by atoms with Crippen molar-refractivity contribution in [1.82, 2.24) is 10.1 Å².